The summed E-state index contributed by atoms with van der Waals surface area (Å²) in [5.41, 5.74) is 0. The van der Waals surface area contributed by atoms with Crippen molar-refractivity contribution in [2.45, 2.75) is 24.6 Å². The number of nitrogens with one attached hydrogen (secondary N) is 1. The van der Waals surface area contributed by atoms with Crippen LogP contribution in [-0.4, -0.2) is 28.7 Å². The highest BCUT2D eigenvalue weighted by Crippen LogP contribution is 2.25. The van der Waals surface area contributed by atoms with Gasteiger partial charge in [0.1, 0.15) is 0 Å². The third-order valence-electron chi connectivity index (χ3n) is 1.87. The van der Waals surface area contributed by atoms with Gasteiger partial charge in [0.25, 0.3) is 0 Å². The van der Waals surface area contributed by atoms with E-state index in [2.05, 4.69) is 24.9 Å². The fourth-order valence-electron chi connectivity index (χ4n) is 1.17. The van der Waals surface area contributed by atoms with E-state index in [0.717, 1.165) is 6.42 Å². The van der Waals surface area contributed by atoms with E-state index in [0.29, 0.717) is 17.0 Å². The number of thiol groups is 1. The molecule has 0 bridgehead atoms. The average molecular weight is 191 g/mol. The Bertz CT molecular complexity index is 151. The highest BCUT2D eigenvalue weighted by Gasteiger charge is 2.24. The molecule has 1 aliphatic rings. The fraction of sp³-hybridized carbons (Fsp3) is 0.857. The summed E-state index contributed by atoms with van der Waals surface area (Å²) in [5, 5.41) is 3.51. The van der Waals surface area contributed by atoms with E-state index in [-0.39, 0.29) is 5.91 Å². The second-order valence-corrected chi connectivity index (χ2v) is 4.50. The van der Waals surface area contributed by atoms with Crippen molar-refractivity contribution in [3.8, 4) is 0 Å². The van der Waals surface area contributed by atoms with Gasteiger partial charge in [-0.2, -0.15) is 24.4 Å². The van der Waals surface area contributed by atoms with Crippen LogP contribution < -0.4 is 5.32 Å². The van der Waals surface area contributed by atoms with Crippen molar-refractivity contribution in [2.75, 3.05) is 11.5 Å². The van der Waals surface area contributed by atoms with Gasteiger partial charge in [0, 0.05) is 11.3 Å². The van der Waals surface area contributed by atoms with E-state index >= 15 is 0 Å². The minimum atomic E-state index is 0.0488. The molecule has 0 aromatic heterocycles. The molecule has 2 unspecified atom stereocenters. The molecule has 0 aromatic carbocycles. The van der Waals surface area contributed by atoms with E-state index in [1.807, 2.05) is 11.8 Å². The van der Waals surface area contributed by atoms with Crippen LogP contribution in [-0.2, 0) is 4.79 Å². The van der Waals surface area contributed by atoms with Crippen molar-refractivity contribution in [3.05, 3.63) is 0 Å². The first kappa shape index (κ1) is 9.26. The third-order valence-corrected chi connectivity index (χ3v) is 3.48. The second-order valence-electron chi connectivity index (χ2n) is 2.70. The van der Waals surface area contributed by atoms with Crippen LogP contribution in [0.3, 0.4) is 0 Å². The van der Waals surface area contributed by atoms with Gasteiger partial charge < -0.3 is 5.32 Å². The van der Waals surface area contributed by atoms with Gasteiger partial charge in [-0.1, -0.05) is 6.92 Å². The molecule has 64 valence electrons. The molecule has 2 atom stereocenters. The van der Waals surface area contributed by atoms with E-state index in [1.54, 1.807) is 0 Å². The number of rotatable bonds is 2. The molecule has 1 saturated heterocycles. The molecule has 1 amide bonds. The predicted molar refractivity (Wildman–Crippen MR) is 52.3 cm³/mol. The van der Waals surface area contributed by atoms with Gasteiger partial charge in [-0.3, -0.25) is 4.79 Å². The maximum Gasteiger partial charge on any atom is 0.229 e. The van der Waals surface area contributed by atoms with E-state index in [1.165, 1.54) is 5.75 Å². The highest BCUT2D eigenvalue weighted by molar-refractivity contribution is 8.00. The Hall–Kier alpha value is 0.170. The van der Waals surface area contributed by atoms with Gasteiger partial charge >= 0.3 is 0 Å². The molecule has 0 saturated carbocycles. The number of carbonyl (C=O) groups is 1. The van der Waals surface area contributed by atoms with Crippen molar-refractivity contribution in [3.63, 3.8) is 0 Å². The molecule has 11 heavy (non-hydrogen) atoms. The van der Waals surface area contributed by atoms with Gasteiger partial charge in [-0.05, 0) is 12.2 Å². The zero-order valence-corrected chi connectivity index (χ0v) is 8.25. The van der Waals surface area contributed by atoms with Crippen LogP contribution in [0, 0.1) is 0 Å². The molecule has 1 aliphatic heterocycles. The van der Waals surface area contributed by atoms with Gasteiger partial charge in [-0.15, -0.1) is 0 Å². The van der Waals surface area contributed by atoms with Crippen LogP contribution in [0.25, 0.3) is 0 Å². The quantitative estimate of drug-likeness (QED) is 0.636. The zero-order chi connectivity index (χ0) is 8.27. The summed E-state index contributed by atoms with van der Waals surface area (Å²) in [6, 6.07) is 0.375. The Morgan fingerprint density at radius 1 is 1.82 bits per heavy atom. The fourth-order valence-corrected chi connectivity index (χ4v) is 2.46. The van der Waals surface area contributed by atoms with Gasteiger partial charge in [0.2, 0.25) is 5.91 Å². The Labute approximate surface area is 76.9 Å². The smallest absolute Gasteiger partial charge is 0.229 e. The maximum absolute atomic E-state index is 10.9. The number of thioether (sulfide) groups is 1. The standard InChI is InChI=1S/C7H13NOS2/c1-5-6(2-3-11-5)8-7(9)4-10/h5-6,10H,2-4H2,1H3,(H,8,9). The molecule has 0 spiro atoms. The second kappa shape index (κ2) is 4.26. The Kier molecular flexibility index (Phi) is 3.59. The number of carbonyl (C=O) groups excluding carboxylic acids is 1. The summed E-state index contributed by atoms with van der Waals surface area (Å²) in [5.74, 6) is 1.51. The number of hydrogen-bond acceptors (Lipinski definition) is 3. The molecule has 1 N–H and O–H groups in total. The van der Waals surface area contributed by atoms with Gasteiger partial charge in [-0.25, -0.2) is 0 Å². The molecular weight excluding hydrogens is 178 g/mol. The lowest BCUT2D eigenvalue weighted by atomic mass is 10.2. The summed E-state index contributed by atoms with van der Waals surface area (Å²) in [6.07, 6.45) is 1.10. The lowest BCUT2D eigenvalue weighted by Crippen LogP contribution is -2.38. The molecule has 1 heterocycles. The van der Waals surface area contributed by atoms with Crippen LogP contribution in [0.5, 0.6) is 0 Å². The summed E-state index contributed by atoms with van der Waals surface area (Å²) >= 11 is 5.82. The zero-order valence-electron chi connectivity index (χ0n) is 6.54. The molecule has 0 aliphatic carbocycles. The van der Waals surface area contributed by atoms with Crippen molar-refractivity contribution in [1.82, 2.24) is 5.32 Å². The number of amides is 1. The molecule has 0 radical (unpaired) electrons. The third kappa shape index (κ3) is 2.60. The lowest BCUT2D eigenvalue weighted by Gasteiger charge is -2.15. The summed E-state index contributed by atoms with van der Waals surface area (Å²) in [6.45, 7) is 2.15. The van der Waals surface area contributed by atoms with E-state index < -0.39 is 0 Å². The molecular formula is C7H13NOS2. The van der Waals surface area contributed by atoms with Crippen molar-refractivity contribution < 1.29 is 4.79 Å². The predicted octanol–water partition coefficient (Wildman–Crippen LogP) is 0.926. The van der Waals surface area contributed by atoms with Crippen LogP contribution in [0.1, 0.15) is 13.3 Å². The van der Waals surface area contributed by atoms with Gasteiger partial charge in [0.15, 0.2) is 0 Å². The largest absolute Gasteiger partial charge is 0.352 e. The minimum absolute atomic E-state index is 0.0488. The Morgan fingerprint density at radius 3 is 3.00 bits per heavy atom. The van der Waals surface area contributed by atoms with Crippen molar-refractivity contribution in [1.29, 1.82) is 0 Å². The topological polar surface area (TPSA) is 29.1 Å². The molecule has 1 fully saturated rings. The highest BCUT2D eigenvalue weighted by atomic mass is 32.2. The van der Waals surface area contributed by atoms with Crippen LogP contribution >= 0.6 is 24.4 Å². The number of hydrogen-bond donors (Lipinski definition) is 2. The van der Waals surface area contributed by atoms with E-state index in [4.69, 9.17) is 0 Å². The maximum atomic E-state index is 10.9. The van der Waals surface area contributed by atoms with Crippen LogP contribution in [0.2, 0.25) is 0 Å². The molecule has 1 rings (SSSR count). The molecule has 0 aromatic rings. The Morgan fingerprint density at radius 2 is 2.55 bits per heavy atom. The van der Waals surface area contributed by atoms with Crippen LogP contribution in [0.15, 0.2) is 0 Å². The normalized spacial score (nSPS) is 30.4. The van der Waals surface area contributed by atoms with Crippen LogP contribution in [0.4, 0.5) is 0 Å². The Balaban J connectivity index is 2.30. The lowest BCUT2D eigenvalue weighted by molar-refractivity contribution is -0.119. The van der Waals surface area contributed by atoms with E-state index in [9.17, 15) is 4.79 Å². The summed E-state index contributed by atoms with van der Waals surface area (Å²) in [7, 11) is 0. The first-order valence-corrected chi connectivity index (χ1v) is 5.44. The first-order chi connectivity index (χ1) is 5.24. The molecule has 4 heteroatoms. The van der Waals surface area contributed by atoms with Crippen molar-refractivity contribution >= 4 is 30.3 Å². The van der Waals surface area contributed by atoms with Gasteiger partial charge in [0.05, 0.1) is 5.75 Å². The summed E-state index contributed by atoms with van der Waals surface area (Å²) in [4.78, 5) is 10.9. The van der Waals surface area contributed by atoms with Crippen molar-refractivity contribution in [2.24, 2.45) is 0 Å². The monoisotopic (exact) mass is 191 g/mol. The minimum Gasteiger partial charge on any atom is -0.352 e. The summed E-state index contributed by atoms with van der Waals surface area (Å²) < 4.78 is 0. The SMILES string of the molecule is CC1SCCC1NC(=O)CS. The average Bonchev–Trinajstić information content (AvgIpc) is 2.37. The molecule has 2 nitrogen and oxygen atoms in total. The first-order valence-electron chi connectivity index (χ1n) is 3.76.